The number of carbonyl (C=O) groups is 1. The normalized spacial score (nSPS) is 17.4. The van der Waals surface area contributed by atoms with Crippen LogP contribution in [-0.4, -0.2) is 36.2 Å². The van der Waals surface area contributed by atoms with E-state index in [9.17, 15) is 13.2 Å². The molecular formula is C22H22IN3O3S2. The molecule has 6 nitrogen and oxygen atoms in total. The monoisotopic (exact) mass is 567 g/mol. The van der Waals surface area contributed by atoms with Gasteiger partial charge in [-0.05, 0) is 78.8 Å². The van der Waals surface area contributed by atoms with Crippen LogP contribution < -0.4 is 5.32 Å². The zero-order chi connectivity index (χ0) is 22.0. The first kappa shape index (κ1) is 22.4. The van der Waals surface area contributed by atoms with Gasteiger partial charge < -0.3 is 0 Å². The van der Waals surface area contributed by atoms with E-state index in [1.807, 2.05) is 36.6 Å². The van der Waals surface area contributed by atoms with Gasteiger partial charge in [0.1, 0.15) is 0 Å². The molecule has 9 heteroatoms. The summed E-state index contributed by atoms with van der Waals surface area (Å²) < 4.78 is 28.6. The molecule has 1 atom stereocenters. The number of aromatic nitrogens is 1. The summed E-state index contributed by atoms with van der Waals surface area (Å²) in [5, 5.41) is 5.19. The number of amides is 1. The smallest absolute Gasteiger partial charge is 0.257 e. The molecule has 2 aromatic carbocycles. The fourth-order valence-electron chi connectivity index (χ4n) is 3.60. The number of anilines is 1. The van der Waals surface area contributed by atoms with Crippen molar-refractivity contribution in [3.63, 3.8) is 0 Å². The Kier molecular flexibility index (Phi) is 6.75. The van der Waals surface area contributed by atoms with Gasteiger partial charge in [-0.1, -0.05) is 18.6 Å². The number of nitrogens with one attached hydrogen (secondary N) is 1. The molecule has 1 aromatic heterocycles. The molecule has 0 radical (unpaired) electrons. The number of nitrogens with zero attached hydrogens (tertiary/aromatic N) is 2. The van der Waals surface area contributed by atoms with Crippen LogP contribution in [0.1, 0.15) is 36.5 Å². The topological polar surface area (TPSA) is 79.4 Å². The van der Waals surface area contributed by atoms with E-state index >= 15 is 0 Å². The van der Waals surface area contributed by atoms with E-state index in [1.54, 1.807) is 16.4 Å². The number of piperidine rings is 1. The quantitative estimate of drug-likeness (QED) is 0.429. The third kappa shape index (κ3) is 5.00. The molecule has 0 spiro atoms. The predicted molar refractivity (Wildman–Crippen MR) is 132 cm³/mol. The fourth-order valence-corrected chi connectivity index (χ4v) is 6.37. The highest BCUT2D eigenvalue weighted by molar-refractivity contribution is 14.1. The molecule has 0 saturated carbocycles. The number of halogens is 1. The molecule has 1 unspecified atom stereocenters. The van der Waals surface area contributed by atoms with Gasteiger partial charge in [-0.3, -0.25) is 10.1 Å². The van der Waals surface area contributed by atoms with Crippen LogP contribution in [0, 0.1) is 3.57 Å². The maximum Gasteiger partial charge on any atom is 0.257 e. The molecule has 1 fully saturated rings. The van der Waals surface area contributed by atoms with E-state index in [2.05, 4.69) is 32.9 Å². The molecule has 4 rings (SSSR count). The lowest BCUT2D eigenvalue weighted by atomic mass is 10.1. The second-order valence-electron chi connectivity index (χ2n) is 7.48. The molecule has 1 aliphatic heterocycles. The summed E-state index contributed by atoms with van der Waals surface area (Å²) in [6.45, 7) is 2.48. The number of carbonyl (C=O) groups excluding carboxylic acids is 1. The molecule has 0 aliphatic carbocycles. The van der Waals surface area contributed by atoms with Crippen LogP contribution >= 0.6 is 33.9 Å². The lowest BCUT2D eigenvalue weighted by Gasteiger charge is -2.32. The second kappa shape index (κ2) is 9.35. The summed E-state index contributed by atoms with van der Waals surface area (Å²) in [7, 11) is -3.55. The minimum atomic E-state index is -3.55. The molecular weight excluding hydrogens is 545 g/mol. The van der Waals surface area contributed by atoms with Gasteiger partial charge in [0.15, 0.2) is 5.13 Å². The number of sulfonamides is 1. The van der Waals surface area contributed by atoms with Crippen LogP contribution in [0.3, 0.4) is 0 Å². The highest BCUT2D eigenvalue weighted by Crippen LogP contribution is 2.27. The van der Waals surface area contributed by atoms with Gasteiger partial charge in [0.25, 0.3) is 5.91 Å². The van der Waals surface area contributed by atoms with Crippen LogP contribution in [-0.2, 0) is 10.0 Å². The molecule has 162 valence electrons. The molecule has 1 amide bonds. The minimum Gasteiger partial charge on any atom is -0.298 e. The van der Waals surface area contributed by atoms with Gasteiger partial charge in [0.05, 0.1) is 10.6 Å². The van der Waals surface area contributed by atoms with E-state index in [1.165, 1.54) is 23.5 Å². The van der Waals surface area contributed by atoms with Gasteiger partial charge in [-0.2, -0.15) is 4.31 Å². The van der Waals surface area contributed by atoms with Gasteiger partial charge in [-0.25, -0.2) is 13.4 Å². The Hall–Kier alpha value is -1.82. The Morgan fingerprint density at radius 1 is 1.13 bits per heavy atom. The summed E-state index contributed by atoms with van der Waals surface area (Å²) in [5.74, 6) is -0.321. The van der Waals surface area contributed by atoms with Crippen molar-refractivity contribution < 1.29 is 13.2 Å². The molecule has 1 saturated heterocycles. The molecule has 0 bridgehead atoms. The Morgan fingerprint density at radius 2 is 1.84 bits per heavy atom. The van der Waals surface area contributed by atoms with Crippen LogP contribution in [0.15, 0.2) is 58.8 Å². The third-order valence-electron chi connectivity index (χ3n) is 5.33. The molecule has 31 heavy (non-hydrogen) atoms. The van der Waals surface area contributed by atoms with Crippen molar-refractivity contribution in [2.45, 2.75) is 37.1 Å². The van der Waals surface area contributed by atoms with E-state index in [0.29, 0.717) is 17.2 Å². The minimum absolute atomic E-state index is 0.00564. The standard InChI is InChI=1S/C22H22IN3O3S2/c1-15-4-2-3-13-26(15)31(28,29)19-11-7-17(8-12-19)21(27)25-22-24-20(14-30-22)16-5-9-18(23)10-6-16/h5-12,14-15H,2-4,13H2,1H3,(H,24,25,27). The number of hydrogen-bond acceptors (Lipinski definition) is 5. The Labute approximate surface area is 199 Å². The van der Waals surface area contributed by atoms with E-state index < -0.39 is 10.0 Å². The first-order valence-corrected chi connectivity index (χ1v) is 13.4. The van der Waals surface area contributed by atoms with Crippen LogP contribution in [0.2, 0.25) is 0 Å². The average Bonchev–Trinajstić information content (AvgIpc) is 3.23. The van der Waals surface area contributed by atoms with Crippen molar-refractivity contribution in [2.75, 3.05) is 11.9 Å². The zero-order valence-corrected chi connectivity index (χ0v) is 20.7. The average molecular weight is 567 g/mol. The number of hydrogen-bond donors (Lipinski definition) is 1. The first-order chi connectivity index (χ1) is 14.8. The maximum absolute atomic E-state index is 12.9. The summed E-state index contributed by atoms with van der Waals surface area (Å²) in [4.78, 5) is 17.3. The first-order valence-electron chi connectivity index (χ1n) is 9.99. The maximum atomic E-state index is 12.9. The molecule has 2 heterocycles. The Morgan fingerprint density at radius 3 is 2.52 bits per heavy atom. The van der Waals surface area contributed by atoms with Crippen LogP contribution in [0.5, 0.6) is 0 Å². The van der Waals surface area contributed by atoms with Gasteiger partial charge in [0, 0.05) is 32.7 Å². The zero-order valence-electron chi connectivity index (χ0n) is 16.9. The van der Waals surface area contributed by atoms with Gasteiger partial charge in [-0.15, -0.1) is 11.3 Å². The highest BCUT2D eigenvalue weighted by Gasteiger charge is 2.30. The van der Waals surface area contributed by atoms with Crippen molar-refractivity contribution in [1.29, 1.82) is 0 Å². The number of thiazole rings is 1. The number of rotatable bonds is 5. The van der Waals surface area contributed by atoms with Gasteiger partial charge >= 0.3 is 0 Å². The molecule has 1 aliphatic rings. The van der Waals surface area contributed by atoms with Crippen LogP contribution in [0.4, 0.5) is 5.13 Å². The largest absolute Gasteiger partial charge is 0.298 e. The van der Waals surface area contributed by atoms with Crippen molar-refractivity contribution in [2.24, 2.45) is 0 Å². The van der Waals surface area contributed by atoms with Crippen LogP contribution in [0.25, 0.3) is 11.3 Å². The van der Waals surface area contributed by atoms with E-state index in [4.69, 9.17) is 0 Å². The van der Waals surface area contributed by atoms with Crippen molar-refractivity contribution >= 4 is 55.0 Å². The predicted octanol–water partition coefficient (Wildman–Crippen LogP) is 5.23. The summed E-state index contributed by atoms with van der Waals surface area (Å²) in [5.41, 5.74) is 2.17. The van der Waals surface area contributed by atoms with Crippen molar-refractivity contribution in [1.82, 2.24) is 9.29 Å². The lowest BCUT2D eigenvalue weighted by molar-refractivity contribution is 0.102. The Balaban J connectivity index is 1.46. The summed E-state index contributed by atoms with van der Waals surface area (Å²) in [6, 6.07) is 14.1. The highest BCUT2D eigenvalue weighted by atomic mass is 127. The Bertz CT molecular complexity index is 1180. The lowest BCUT2D eigenvalue weighted by Crippen LogP contribution is -2.41. The summed E-state index contributed by atoms with van der Waals surface area (Å²) >= 11 is 3.60. The third-order valence-corrected chi connectivity index (χ3v) is 8.83. The van der Waals surface area contributed by atoms with E-state index in [-0.39, 0.29) is 16.8 Å². The van der Waals surface area contributed by atoms with E-state index in [0.717, 1.165) is 34.1 Å². The SMILES string of the molecule is CC1CCCCN1S(=O)(=O)c1ccc(C(=O)Nc2nc(-c3ccc(I)cc3)cs2)cc1. The molecule has 3 aromatic rings. The fraction of sp³-hybridized carbons (Fsp3) is 0.273. The van der Waals surface area contributed by atoms with Crippen molar-refractivity contribution in [3.8, 4) is 11.3 Å². The van der Waals surface area contributed by atoms with Gasteiger partial charge in [0.2, 0.25) is 10.0 Å². The molecule has 1 N–H and O–H groups in total. The summed E-state index contributed by atoms with van der Waals surface area (Å²) in [6.07, 6.45) is 2.80. The van der Waals surface area contributed by atoms with Crippen molar-refractivity contribution in [3.05, 3.63) is 63.0 Å². The number of benzene rings is 2. The second-order valence-corrected chi connectivity index (χ2v) is 11.5.